The maximum Gasteiger partial charge on any atom is 0.204 e. The number of benzene rings is 2. The Labute approximate surface area is 146 Å². The average molecular weight is 356 g/mol. The molecule has 0 amide bonds. The fourth-order valence-corrected chi connectivity index (χ4v) is 3.66. The number of aliphatic hydroxyl groups is 2. The van der Waals surface area contributed by atoms with Crippen LogP contribution >= 0.6 is 0 Å². The van der Waals surface area contributed by atoms with E-state index in [1.54, 1.807) is 18.2 Å². The molecule has 1 aliphatic carbocycles. The molecule has 4 rings (SSSR count). The van der Waals surface area contributed by atoms with Crippen LogP contribution in [0.25, 0.3) is 21.9 Å². The molecule has 2 aromatic carbocycles. The molecule has 0 aliphatic heterocycles. The monoisotopic (exact) mass is 356 g/mol. The maximum atomic E-state index is 12.8. The van der Waals surface area contributed by atoms with Crippen molar-refractivity contribution in [3.8, 4) is 11.5 Å². The van der Waals surface area contributed by atoms with Gasteiger partial charge in [0, 0.05) is 24.0 Å². The SMILES string of the molecule is CC(=O)C1(O)Cc2c(c(O)c3oc4ccccc4c(=O)c3c2O)C(O)C1. The number of ketones is 1. The zero-order chi connectivity index (χ0) is 18.8. The third kappa shape index (κ3) is 2.07. The third-order valence-electron chi connectivity index (χ3n) is 5.10. The highest BCUT2D eigenvalue weighted by atomic mass is 16.4. The van der Waals surface area contributed by atoms with Crippen LogP contribution in [0.5, 0.6) is 11.5 Å². The van der Waals surface area contributed by atoms with Crippen molar-refractivity contribution in [3.05, 3.63) is 45.6 Å². The van der Waals surface area contributed by atoms with Crippen molar-refractivity contribution in [1.82, 2.24) is 0 Å². The van der Waals surface area contributed by atoms with E-state index in [-0.39, 0.29) is 45.9 Å². The second-order valence-electron chi connectivity index (χ2n) is 6.71. The molecular weight excluding hydrogens is 340 g/mol. The van der Waals surface area contributed by atoms with Crippen molar-refractivity contribution in [1.29, 1.82) is 0 Å². The molecule has 7 heteroatoms. The van der Waals surface area contributed by atoms with Crippen LogP contribution in [0.4, 0.5) is 0 Å². The molecule has 1 aromatic heterocycles. The van der Waals surface area contributed by atoms with Gasteiger partial charge in [-0.3, -0.25) is 9.59 Å². The Hall–Kier alpha value is -2.90. The molecule has 0 bridgehead atoms. The van der Waals surface area contributed by atoms with Crippen molar-refractivity contribution in [2.75, 3.05) is 0 Å². The molecule has 0 fully saturated rings. The summed E-state index contributed by atoms with van der Waals surface area (Å²) in [6.45, 7) is 1.18. The fraction of sp³-hybridized carbons (Fsp3) is 0.263. The summed E-state index contributed by atoms with van der Waals surface area (Å²) < 4.78 is 5.60. The predicted octanol–water partition coefficient (Wildman–Crippen LogP) is 1.66. The summed E-state index contributed by atoms with van der Waals surface area (Å²) in [6, 6.07) is 6.38. The lowest BCUT2D eigenvalue weighted by Crippen LogP contribution is -2.44. The van der Waals surface area contributed by atoms with Crippen LogP contribution < -0.4 is 5.43 Å². The van der Waals surface area contributed by atoms with Gasteiger partial charge in [-0.25, -0.2) is 0 Å². The first kappa shape index (κ1) is 16.6. The lowest BCUT2D eigenvalue weighted by atomic mass is 9.75. The number of carbonyl (C=O) groups excluding carboxylic acids is 1. The summed E-state index contributed by atoms with van der Waals surface area (Å²) in [4.78, 5) is 24.6. The topological polar surface area (TPSA) is 128 Å². The first-order valence-corrected chi connectivity index (χ1v) is 8.08. The van der Waals surface area contributed by atoms with Gasteiger partial charge in [-0.15, -0.1) is 0 Å². The molecule has 1 heterocycles. The Morgan fingerprint density at radius 3 is 2.62 bits per heavy atom. The Morgan fingerprint density at radius 2 is 1.92 bits per heavy atom. The molecule has 0 saturated carbocycles. The second kappa shape index (κ2) is 5.30. The van der Waals surface area contributed by atoms with Crippen molar-refractivity contribution in [3.63, 3.8) is 0 Å². The second-order valence-corrected chi connectivity index (χ2v) is 6.71. The number of aromatic hydroxyl groups is 2. The van der Waals surface area contributed by atoms with Crippen LogP contribution in [0.1, 0.15) is 30.6 Å². The van der Waals surface area contributed by atoms with E-state index in [1.165, 1.54) is 13.0 Å². The third-order valence-corrected chi connectivity index (χ3v) is 5.10. The summed E-state index contributed by atoms with van der Waals surface area (Å²) in [5.41, 5.74) is -2.53. The van der Waals surface area contributed by atoms with Crippen molar-refractivity contribution >= 4 is 27.7 Å². The number of hydrogen-bond acceptors (Lipinski definition) is 7. The number of para-hydroxylation sites is 1. The Balaban J connectivity index is 2.15. The molecule has 0 spiro atoms. The Morgan fingerprint density at radius 1 is 1.23 bits per heavy atom. The van der Waals surface area contributed by atoms with E-state index < -0.39 is 34.4 Å². The van der Waals surface area contributed by atoms with E-state index in [9.17, 15) is 30.0 Å². The van der Waals surface area contributed by atoms with Crippen LogP contribution in [0.3, 0.4) is 0 Å². The van der Waals surface area contributed by atoms with Crippen LogP contribution in [0.2, 0.25) is 0 Å². The van der Waals surface area contributed by atoms with Gasteiger partial charge in [0.1, 0.15) is 22.3 Å². The zero-order valence-electron chi connectivity index (χ0n) is 13.8. The van der Waals surface area contributed by atoms with Crippen molar-refractivity contribution in [2.45, 2.75) is 31.5 Å². The molecular formula is C19H16O7. The summed E-state index contributed by atoms with van der Waals surface area (Å²) in [7, 11) is 0. The molecule has 4 N–H and O–H groups in total. The molecule has 26 heavy (non-hydrogen) atoms. The Bertz CT molecular complexity index is 1140. The number of rotatable bonds is 1. The summed E-state index contributed by atoms with van der Waals surface area (Å²) >= 11 is 0. The molecule has 0 saturated heterocycles. The van der Waals surface area contributed by atoms with E-state index in [2.05, 4.69) is 0 Å². The van der Waals surface area contributed by atoms with Gasteiger partial charge in [0.2, 0.25) is 5.43 Å². The van der Waals surface area contributed by atoms with Gasteiger partial charge in [-0.2, -0.15) is 0 Å². The maximum absolute atomic E-state index is 12.8. The minimum atomic E-state index is -1.89. The van der Waals surface area contributed by atoms with Crippen LogP contribution in [-0.2, 0) is 11.2 Å². The van der Waals surface area contributed by atoms with Gasteiger partial charge in [0.15, 0.2) is 17.1 Å². The van der Waals surface area contributed by atoms with E-state index >= 15 is 0 Å². The van der Waals surface area contributed by atoms with Gasteiger partial charge in [0.05, 0.1) is 11.5 Å². The number of phenols is 2. The standard InChI is InChI=1S/C19H16O7/c1-8(20)19(25)6-10-13(11(21)7-19)17(24)18-14(16(10)23)15(22)9-4-2-3-5-12(9)26-18/h2-5,11,21,23-25H,6-7H2,1H3. The highest BCUT2D eigenvalue weighted by Gasteiger charge is 2.44. The van der Waals surface area contributed by atoms with E-state index in [0.29, 0.717) is 0 Å². The lowest BCUT2D eigenvalue weighted by Gasteiger charge is -2.35. The number of hydrogen-bond donors (Lipinski definition) is 4. The van der Waals surface area contributed by atoms with E-state index in [1.807, 2.05) is 0 Å². The number of phenolic OH excluding ortho intramolecular Hbond substituents is 2. The minimum absolute atomic E-state index is 0.0333. The summed E-state index contributed by atoms with van der Waals surface area (Å²) in [6.07, 6.45) is -2.05. The predicted molar refractivity (Wildman–Crippen MR) is 92.2 cm³/mol. The number of Topliss-reactive ketones (excluding diaryl/α,β-unsaturated/α-hetero) is 1. The van der Waals surface area contributed by atoms with Crippen molar-refractivity contribution in [2.24, 2.45) is 0 Å². The molecule has 134 valence electrons. The van der Waals surface area contributed by atoms with Crippen LogP contribution in [0.15, 0.2) is 33.5 Å². The summed E-state index contributed by atoms with van der Waals surface area (Å²) in [5.74, 6) is -1.56. The molecule has 3 aromatic rings. The minimum Gasteiger partial charge on any atom is -0.507 e. The van der Waals surface area contributed by atoms with Gasteiger partial charge in [0.25, 0.3) is 0 Å². The van der Waals surface area contributed by atoms with Gasteiger partial charge in [-0.05, 0) is 19.1 Å². The molecule has 2 unspecified atom stereocenters. The molecule has 2 atom stereocenters. The number of fused-ring (bicyclic) bond motifs is 3. The average Bonchev–Trinajstić information content (AvgIpc) is 2.59. The first-order valence-electron chi connectivity index (χ1n) is 8.08. The van der Waals surface area contributed by atoms with Crippen LogP contribution in [-0.4, -0.2) is 31.8 Å². The zero-order valence-corrected chi connectivity index (χ0v) is 13.8. The summed E-state index contributed by atoms with van der Waals surface area (Å²) in [5, 5.41) is 42.1. The largest absolute Gasteiger partial charge is 0.507 e. The highest BCUT2D eigenvalue weighted by molar-refractivity contribution is 5.98. The molecule has 0 radical (unpaired) electrons. The normalized spacial score (nSPS) is 22.5. The Kier molecular flexibility index (Phi) is 3.37. The first-order chi connectivity index (χ1) is 12.2. The van der Waals surface area contributed by atoms with E-state index in [0.717, 1.165) is 0 Å². The van der Waals surface area contributed by atoms with Crippen LogP contribution in [0, 0.1) is 0 Å². The quantitative estimate of drug-likeness (QED) is 0.385. The smallest absolute Gasteiger partial charge is 0.204 e. The lowest BCUT2D eigenvalue weighted by molar-refractivity contribution is -0.139. The number of aliphatic hydroxyl groups excluding tert-OH is 1. The van der Waals surface area contributed by atoms with Gasteiger partial charge in [-0.1, -0.05) is 12.1 Å². The number of carbonyl (C=O) groups is 1. The molecule has 1 aliphatic rings. The van der Waals surface area contributed by atoms with Gasteiger partial charge >= 0.3 is 0 Å². The van der Waals surface area contributed by atoms with Crippen molar-refractivity contribution < 1.29 is 29.6 Å². The highest BCUT2D eigenvalue weighted by Crippen LogP contribution is 2.48. The van der Waals surface area contributed by atoms with E-state index in [4.69, 9.17) is 4.42 Å². The molecule has 7 nitrogen and oxygen atoms in total. The fourth-order valence-electron chi connectivity index (χ4n) is 3.66. The van der Waals surface area contributed by atoms with Gasteiger partial charge < -0.3 is 24.8 Å².